The van der Waals surface area contributed by atoms with E-state index in [1.165, 1.54) is 37.5 Å². The second kappa shape index (κ2) is 9.36. The van der Waals surface area contributed by atoms with Crippen LogP contribution in [0, 0.1) is 28.8 Å². The van der Waals surface area contributed by atoms with Gasteiger partial charge in [0.1, 0.15) is 17.5 Å². The third kappa shape index (κ3) is 5.15. The van der Waals surface area contributed by atoms with E-state index in [2.05, 4.69) is 10.3 Å². The quantitative estimate of drug-likeness (QED) is 0.521. The van der Waals surface area contributed by atoms with Crippen LogP contribution in [0.5, 0.6) is 0 Å². The molecule has 2 fully saturated rings. The summed E-state index contributed by atoms with van der Waals surface area (Å²) in [6.45, 7) is 1.61. The molecule has 32 heavy (non-hydrogen) atoms. The van der Waals surface area contributed by atoms with Crippen molar-refractivity contribution >= 4 is 16.8 Å². The Bertz CT molecular complexity index is 1090. The van der Waals surface area contributed by atoms with Gasteiger partial charge in [-0.05, 0) is 67.6 Å². The zero-order valence-corrected chi connectivity index (χ0v) is 18.0. The van der Waals surface area contributed by atoms with Crippen molar-refractivity contribution in [2.75, 3.05) is 20.3 Å². The second-order valence-electron chi connectivity index (χ2n) is 8.82. The molecule has 5 rings (SSSR count). The van der Waals surface area contributed by atoms with Gasteiger partial charge in [-0.1, -0.05) is 6.42 Å². The van der Waals surface area contributed by atoms with Gasteiger partial charge in [0.2, 0.25) is 5.91 Å². The number of hydrogen-bond acceptors (Lipinski definition) is 2. The predicted molar refractivity (Wildman–Crippen MR) is 118 cm³/mol. The molecule has 0 bridgehead atoms. The van der Waals surface area contributed by atoms with Crippen molar-refractivity contribution in [3.05, 3.63) is 59.9 Å². The number of carbonyl (C=O) groups is 1. The maximum absolute atomic E-state index is 13.5. The lowest BCUT2D eigenvalue weighted by molar-refractivity contribution is -0.127. The van der Waals surface area contributed by atoms with E-state index in [0.29, 0.717) is 22.6 Å². The van der Waals surface area contributed by atoms with Gasteiger partial charge in [-0.15, -0.1) is 0 Å². The third-order valence-corrected chi connectivity index (χ3v) is 6.32. The van der Waals surface area contributed by atoms with Crippen LogP contribution in [0.3, 0.4) is 0 Å². The Labute approximate surface area is 185 Å². The molecule has 0 spiro atoms. The van der Waals surface area contributed by atoms with Gasteiger partial charge in [-0.25, -0.2) is 13.2 Å². The van der Waals surface area contributed by atoms with Crippen LogP contribution in [0.25, 0.3) is 22.2 Å². The molecule has 3 aromatic rings. The number of methoxy groups -OCH3 is 1. The summed E-state index contributed by atoms with van der Waals surface area (Å²) in [6, 6.07) is 9.50. The Morgan fingerprint density at radius 1 is 1.09 bits per heavy atom. The lowest BCUT2D eigenvalue weighted by Crippen LogP contribution is -2.38. The van der Waals surface area contributed by atoms with Crippen LogP contribution in [-0.4, -0.2) is 31.2 Å². The molecule has 2 N–H and O–H groups in total. The van der Waals surface area contributed by atoms with Crippen molar-refractivity contribution in [3.63, 3.8) is 0 Å². The maximum Gasteiger partial charge on any atom is 0.223 e. The Hall–Kier alpha value is -2.80. The highest BCUT2D eigenvalue weighted by Gasteiger charge is 2.43. The molecular formula is C25H27F3N2O2. The molecule has 7 heteroatoms. The first kappa shape index (κ1) is 22.4. The average Bonchev–Trinajstić information content (AvgIpc) is 3.35. The smallest absolute Gasteiger partial charge is 0.223 e. The van der Waals surface area contributed by atoms with E-state index in [9.17, 15) is 18.0 Å². The summed E-state index contributed by atoms with van der Waals surface area (Å²) in [4.78, 5) is 14.4. The summed E-state index contributed by atoms with van der Waals surface area (Å²) in [5, 5.41) is 3.50. The summed E-state index contributed by atoms with van der Waals surface area (Å²) < 4.78 is 44.5. The number of H-pyrrole nitrogens is 1. The van der Waals surface area contributed by atoms with Crippen LogP contribution in [-0.2, 0) is 9.53 Å². The van der Waals surface area contributed by atoms with Gasteiger partial charge < -0.3 is 15.0 Å². The first-order chi connectivity index (χ1) is 15.4. The van der Waals surface area contributed by atoms with E-state index in [1.807, 2.05) is 0 Å². The van der Waals surface area contributed by atoms with Gasteiger partial charge in [0, 0.05) is 42.1 Å². The normalized spacial score (nSPS) is 16.8. The molecule has 0 aliphatic heterocycles. The Kier molecular flexibility index (Phi) is 6.55. The van der Waals surface area contributed by atoms with E-state index in [4.69, 9.17) is 4.74 Å². The largest absolute Gasteiger partial charge is 0.384 e. The summed E-state index contributed by atoms with van der Waals surface area (Å²) >= 11 is 0. The molecule has 0 unspecified atom stereocenters. The number of hydrogen-bond donors (Lipinski definition) is 2. The van der Waals surface area contributed by atoms with Gasteiger partial charge in [0.05, 0.1) is 12.1 Å². The topological polar surface area (TPSA) is 54.1 Å². The molecule has 1 aromatic heterocycles. The number of amides is 1. The van der Waals surface area contributed by atoms with Crippen molar-refractivity contribution in [1.29, 1.82) is 0 Å². The molecule has 0 atom stereocenters. The number of nitrogens with one attached hydrogen (secondary N) is 2. The molecule has 2 aliphatic carbocycles. The minimum Gasteiger partial charge on any atom is -0.384 e. The first-order valence-corrected chi connectivity index (χ1v) is 10.9. The van der Waals surface area contributed by atoms with E-state index >= 15 is 0 Å². The summed E-state index contributed by atoms with van der Waals surface area (Å²) in [5.41, 5.74) is 1.87. The highest BCUT2D eigenvalue weighted by Crippen LogP contribution is 2.45. The fourth-order valence-electron chi connectivity index (χ4n) is 3.89. The fourth-order valence-corrected chi connectivity index (χ4v) is 3.89. The molecule has 2 saturated carbocycles. The molecule has 0 radical (unpaired) electrons. The SMILES string of the molecule is COCC1(CNC(=O)C2CCC2)CC1.Fc1ccc(-c2cc3cc(F)cc(F)c3[nH]2)cc1. The number of carbonyl (C=O) groups excluding carboxylic acids is 1. The van der Waals surface area contributed by atoms with Crippen LogP contribution in [0.4, 0.5) is 13.2 Å². The molecule has 170 valence electrons. The molecular weight excluding hydrogens is 417 g/mol. The van der Waals surface area contributed by atoms with Gasteiger partial charge in [0.25, 0.3) is 0 Å². The number of rotatable bonds is 6. The number of halogens is 3. The summed E-state index contributed by atoms with van der Waals surface area (Å²) in [7, 11) is 1.73. The van der Waals surface area contributed by atoms with Gasteiger partial charge in [-0.3, -0.25) is 4.79 Å². The fraction of sp³-hybridized carbons (Fsp3) is 0.400. The number of ether oxygens (including phenoxy) is 1. The summed E-state index contributed by atoms with van der Waals surface area (Å²) in [5.74, 6) is -1.03. The minimum atomic E-state index is -0.640. The van der Waals surface area contributed by atoms with Gasteiger partial charge in [-0.2, -0.15) is 0 Å². The highest BCUT2D eigenvalue weighted by atomic mass is 19.1. The lowest BCUT2D eigenvalue weighted by atomic mass is 9.85. The van der Waals surface area contributed by atoms with E-state index in [-0.39, 0.29) is 22.7 Å². The van der Waals surface area contributed by atoms with Crippen molar-refractivity contribution in [2.45, 2.75) is 32.1 Å². The van der Waals surface area contributed by atoms with Gasteiger partial charge >= 0.3 is 0 Å². The van der Waals surface area contributed by atoms with Crippen LogP contribution < -0.4 is 5.32 Å². The number of aromatic amines is 1. The molecule has 0 saturated heterocycles. The standard InChI is InChI=1S/C14H8F3N.C11H19NO2/c15-10-3-1-8(2-4-10)13-6-9-5-11(16)7-12(17)14(9)18-13;1-14-8-11(5-6-11)7-12-10(13)9-3-2-4-9/h1-7,18H;9H,2-8H2,1H3,(H,12,13). The van der Waals surface area contributed by atoms with Crippen LogP contribution in [0.2, 0.25) is 0 Å². The van der Waals surface area contributed by atoms with Gasteiger partial charge in [0.15, 0.2) is 0 Å². The molecule has 2 aliphatic rings. The molecule has 4 nitrogen and oxygen atoms in total. The first-order valence-electron chi connectivity index (χ1n) is 10.9. The van der Waals surface area contributed by atoms with Crippen molar-refractivity contribution in [2.24, 2.45) is 11.3 Å². The lowest BCUT2D eigenvalue weighted by Gasteiger charge is -2.25. The number of aromatic nitrogens is 1. The zero-order valence-electron chi connectivity index (χ0n) is 18.0. The molecule has 1 amide bonds. The monoisotopic (exact) mass is 444 g/mol. The maximum atomic E-state index is 13.5. The van der Waals surface area contributed by atoms with Crippen molar-refractivity contribution in [1.82, 2.24) is 10.3 Å². The van der Waals surface area contributed by atoms with E-state index in [0.717, 1.165) is 32.1 Å². The summed E-state index contributed by atoms with van der Waals surface area (Å²) in [6.07, 6.45) is 5.80. The Morgan fingerprint density at radius 3 is 2.41 bits per heavy atom. The van der Waals surface area contributed by atoms with E-state index in [1.54, 1.807) is 25.3 Å². The van der Waals surface area contributed by atoms with Crippen molar-refractivity contribution in [3.8, 4) is 11.3 Å². The molecule has 1 heterocycles. The minimum absolute atomic E-state index is 0.246. The highest BCUT2D eigenvalue weighted by molar-refractivity contribution is 5.86. The third-order valence-electron chi connectivity index (χ3n) is 6.32. The van der Waals surface area contributed by atoms with Crippen LogP contribution in [0.15, 0.2) is 42.5 Å². The average molecular weight is 444 g/mol. The van der Waals surface area contributed by atoms with Crippen LogP contribution >= 0.6 is 0 Å². The number of fused-ring (bicyclic) bond motifs is 1. The Balaban J connectivity index is 0.000000158. The number of benzene rings is 2. The van der Waals surface area contributed by atoms with E-state index < -0.39 is 11.6 Å². The Morgan fingerprint density at radius 2 is 1.81 bits per heavy atom. The second-order valence-corrected chi connectivity index (χ2v) is 8.82. The zero-order chi connectivity index (χ0) is 22.7. The van der Waals surface area contributed by atoms with Crippen molar-refractivity contribution < 1.29 is 22.7 Å². The molecule has 2 aromatic carbocycles. The van der Waals surface area contributed by atoms with Crippen LogP contribution in [0.1, 0.15) is 32.1 Å². The predicted octanol–water partition coefficient (Wildman–Crippen LogP) is 5.58.